The molecule has 0 aromatic carbocycles. The monoisotopic (exact) mass is 925 g/mol. The zero-order chi connectivity index (χ0) is 47.7. The van der Waals surface area contributed by atoms with Gasteiger partial charge in [0.15, 0.2) is 6.10 Å². The van der Waals surface area contributed by atoms with Gasteiger partial charge >= 0.3 is 11.9 Å². The average Bonchev–Trinajstić information content (AvgIpc) is 3.32. The maximum atomic E-state index is 12.9. The van der Waals surface area contributed by atoms with E-state index in [-0.39, 0.29) is 25.2 Å². The fourth-order valence-corrected chi connectivity index (χ4v) is 8.45. The molecule has 0 fully saturated rings. The lowest BCUT2D eigenvalue weighted by atomic mass is 10.0. The van der Waals surface area contributed by atoms with Crippen LogP contribution in [0.4, 0.5) is 0 Å². The molecule has 0 radical (unpaired) electrons. The van der Waals surface area contributed by atoms with Crippen LogP contribution in [0, 0.1) is 0 Å². The number of carbonyl (C=O) groups excluding carboxylic acids is 2. The standard InChI is InChI=1S/C61H112O5/c1-4-7-10-13-16-19-22-25-28-31-33-36-39-42-45-48-51-54-60(62)65-58-59(57-64-56-53-50-47-44-41-38-35-30-27-24-21-18-15-12-9-6-3)66-61(63)55-52-49-46-43-40-37-34-32-29-26-23-20-17-14-11-8-5-2/h16,18-19,21,25,27-28,30,59H,4-15,17,20,22-24,26,29,31-58H2,1-3H3/b19-16-,21-18-,28-25-,30-27-. The fraction of sp³-hybridized carbons (Fsp3) is 0.836. The number of rotatable bonds is 54. The summed E-state index contributed by atoms with van der Waals surface area (Å²) in [4.78, 5) is 25.5. The van der Waals surface area contributed by atoms with Crippen LogP contribution in [0.15, 0.2) is 48.6 Å². The zero-order valence-electron chi connectivity index (χ0n) is 44.5. The molecule has 0 N–H and O–H groups in total. The number of ether oxygens (including phenoxy) is 3. The Bertz CT molecular complexity index is 1090. The highest BCUT2D eigenvalue weighted by Gasteiger charge is 2.17. The molecule has 0 bridgehead atoms. The van der Waals surface area contributed by atoms with Crippen molar-refractivity contribution in [1.29, 1.82) is 0 Å². The average molecular weight is 926 g/mol. The molecule has 0 aromatic rings. The summed E-state index contributed by atoms with van der Waals surface area (Å²) in [5.74, 6) is -0.396. The molecule has 0 aliphatic carbocycles. The first-order chi connectivity index (χ1) is 32.6. The Morgan fingerprint density at radius 2 is 0.636 bits per heavy atom. The van der Waals surface area contributed by atoms with Gasteiger partial charge in [-0.05, 0) is 83.5 Å². The number of hydrogen-bond acceptors (Lipinski definition) is 5. The summed E-state index contributed by atoms with van der Waals surface area (Å²) in [5.41, 5.74) is 0. The Morgan fingerprint density at radius 1 is 0.333 bits per heavy atom. The quantitative estimate of drug-likeness (QED) is 0.0345. The molecule has 0 rings (SSSR count). The van der Waals surface area contributed by atoms with Gasteiger partial charge in [-0.3, -0.25) is 9.59 Å². The number of hydrogen-bond donors (Lipinski definition) is 0. The van der Waals surface area contributed by atoms with Gasteiger partial charge in [0, 0.05) is 19.4 Å². The summed E-state index contributed by atoms with van der Waals surface area (Å²) in [5, 5.41) is 0. The third kappa shape index (κ3) is 54.5. The second kappa shape index (κ2) is 57.2. The van der Waals surface area contributed by atoms with Crippen molar-refractivity contribution >= 4 is 11.9 Å². The van der Waals surface area contributed by atoms with Gasteiger partial charge in [0.2, 0.25) is 0 Å². The molecule has 0 aliphatic heterocycles. The van der Waals surface area contributed by atoms with Gasteiger partial charge in [-0.25, -0.2) is 0 Å². The molecule has 5 nitrogen and oxygen atoms in total. The molecular formula is C61H112O5. The maximum absolute atomic E-state index is 12.9. The lowest BCUT2D eigenvalue weighted by molar-refractivity contribution is -0.163. The van der Waals surface area contributed by atoms with Crippen LogP contribution in [-0.2, 0) is 23.8 Å². The van der Waals surface area contributed by atoms with Gasteiger partial charge in [-0.1, -0.05) is 256 Å². The van der Waals surface area contributed by atoms with Crippen molar-refractivity contribution in [2.45, 2.75) is 309 Å². The number of allylic oxidation sites excluding steroid dienone is 8. The van der Waals surface area contributed by atoms with Crippen LogP contribution < -0.4 is 0 Å². The molecule has 1 unspecified atom stereocenters. The molecule has 0 aliphatic rings. The van der Waals surface area contributed by atoms with E-state index >= 15 is 0 Å². The summed E-state index contributed by atoms with van der Waals surface area (Å²) in [6.45, 7) is 7.80. The van der Waals surface area contributed by atoms with E-state index in [0.717, 1.165) is 57.8 Å². The molecule has 1 atom stereocenters. The van der Waals surface area contributed by atoms with Gasteiger partial charge in [-0.2, -0.15) is 0 Å². The SMILES string of the molecule is CCCCC/C=C\C/C=C\CCCCCCCCCC(=O)OCC(COCCCCCCCC/C=C\C/C=C\CCCCC)OC(=O)CCCCCCCCCCCCCCCCCCC. The van der Waals surface area contributed by atoms with Crippen LogP contribution in [-0.4, -0.2) is 37.9 Å². The minimum Gasteiger partial charge on any atom is -0.462 e. The summed E-state index contributed by atoms with van der Waals surface area (Å²) in [6, 6.07) is 0. The fourth-order valence-electron chi connectivity index (χ4n) is 8.45. The van der Waals surface area contributed by atoms with E-state index in [1.807, 2.05) is 0 Å². The third-order valence-electron chi connectivity index (χ3n) is 12.8. The molecule has 386 valence electrons. The predicted octanol–water partition coefficient (Wildman–Crippen LogP) is 19.9. The first-order valence-corrected chi connectivity index (χ1v) is 29.2. The molecule has 0 heterocycles. The number of unbranched alkanes of at least 4 members (excludes halogenated alkanes) is 35. The smallest absolute Gasteiger partial charge is 0.306 e. The number of carbonyl (C=O) groups is 2. The van der Waals surface area contributed by atoms with Crippen LogP contribution in [0.2, 0.25) is 0 Å². The highest BCUT2D eigenvalue weighted by Crippen LogP contribution is 2.16. The second-order valence-electron chi connectivity index (χ2n) is 19.5. The minimum absolute atomic E-state index is 0.0804. The van der Waals surface area contributed by atoms with Gasteiger partial charge < -0.3 is 14.2 Å². The number of esters is 2. The van der Waals surface area contributed by atoms with Gasteiger partial charge in [0.25, 0.3) is 0 Å². The summed E-state index contributed by atoms with van der Waals surface area (Å²) in [6.07, 6.45) is 71.3. The van der Waals surface area contributed by atoms with E-state index in [2.05, 4.69) is 69.4 Å². The van der Waals surface area contributed by atoms with Gasteiger partial charge in [0.1, 0.15) is 6.61 Å². The van der Waals surface area contributed by atoms with Crippen LogP contribution >= 0.6 is 0 Å². The first-order valence-electron chi connectivity index (χ1n) is 29.2. The van der Waals surface area contributed by atoms with Crippen LogP contribution in [0.5, 0.6) is 0 Å². The van der Waals surface area contributed by atoms with Crippen molar-refractivity contribution in [1.82, 2.24) is 0 Å². The molecule has 66 heavy (non-hydrogen) atoms. The molecule has 5 heteroatoms. The first kappa shape index (κ1) is 63.9. The highest BCUT2D eigenvalue weighted by atomic mass is 16.6. The van der Waals surface area contributed by atoms with Crippen molar-refractivity contribution < 1.29 is 23.8 Å². The Balaban J connectivity index is 4.27. The van der Waals surface area contributed by atoms with Crippen LogP contribution in [0.3, 0.4) is 0 Å². The summed E-state index contributed by atoms with van der Waals surface area (Å²) < 4.78 is 17.5. The Hall–Kier alpha value is -2.14. The normalized spacial score (nSPS) is 12.5. The minimum atomic E-state index is -0.543. The van der Waals surface area contributed by atoms with Crippen LogP contribution in [0.25, 0.3) is 0 Å². The van der Waals surface area contributed by atoms with Crippen LogP contribution in [0.1, 0.15) is 303 Å². The maximum Gasteiger partial charge on any atom is 0.306 e. The lowest BCUT2D eigenvalue weighted by Gasteiger charge is -2.18. The predicted molar refractivity (Wildman–Crippen MR) is 288 cm³/mol. The van der Waals surface area contributed by atoms with Crippen molar-refractivity contribution in [3.8, 4) is 0 Å². The lowest BCUT2D eigenvalue weighted by Crippen LogP contribution is -2.30. The molecule has 0 saturated carbocycles. The summed E-state index contributed by atoms with van der Waals surface area (Å²) >= 11 is 0. The van der Waals surface area contributed by atoms with E-state index in [1.54, 1.807) is 0 Å². The van der Waals surface area contributed by atoms with Crippen molar-refractivity contribution in [3.05, 3.63) is 48.6 Å². The van der Waals surface area contributed by atoms with Gasteiger partial charge in [0.05, 0.1) is 6.61 Å². The Morgan fingerprint density at radius 3 is 1.03 bits per heavy atom. The largest absolute Gasteiger partial charge is 0.462 e. The Kier molecular flexibility index (Phi) is 55.3. The molecule has 0 amide bonds. The van der Waals surface area contributed by atoms with Crippen molar-refractivity contribution in [3.63, 3.8) is 0 Å². The van der Waals surface area contributed by atoms with E-state index < -0.39 is 6.10 Å². The highest BCUT2D eigenvalue weighted by molar-refractivity contribution is 5.70. The third-order valence-corrected chi connectivity index (χ3v) is 12.8. The second-order valence-corrected chi connectivity index (χ2v) is 19.5. The van der Waals surface area contributed by atoms with Crippen molar-refractivity contribution in [2.24, 2.45) is 0 Å². The topological polar surface area (TPSA) is 61.8 Å². The van der Waals surface area contributed by atoms with E-state index in [1.165, 1.54) is 212 Å². The molecule has 0 aromatic heterocycles. The zero-order valence-corrected chi connectivity index (χ0v) is 44.5. The summed E-state index contributed by atoms with van der Waals surface area (Å²) in [7, 11) is 0. The van der Waals surface area contributed by atoms with Crippen molar-refractivity contribution in [2.75, 3.05) is 19.8 Å². The van der Waals surface area contributed by atoms with E-state index in [4.69, 9.17) is 14.2 Å². The molecule has 0 saturated heterocycles. The molecule has 0 spiro atoms. The van der Waals surface area contributed by atoms with Gasteiger partial charge in [-0.15, -0.1) is 0 Å². The Labute approximate surface area is 412 Å². The van der Waals surface area contributed by atoms with E-state index in [0.29, 0.717) is 19.4 Å². The van der Waals surface area contributed by atoms with E-state index in [9.17, 15) is 9.59 Å². The molecular weight excluding hydrogens is 813 g/mol.